The van der Waals surface area contributed by atoms with Crippen molar-refractivity contribution >= 4 is 19.4 Å². The van der Waals surface area contributed by atoms with E-state index in [1.807, 2.05) is 39.0 Å². The highest BCUT2D eigenvalue weighted by Crippen LogP contribution is 2.51. The van der Waals surface area contributed by atoms with E-state index in [1.54, 1.807) is 7.11 Å². The first-order valence-corrected chi connectivity index (χ1v) is 12.5. The van der Waals surface area contributed by atoms with E-state index < -0.39 is 7.60 Å². The highest BCUT2D eigenvalue weighted by atomic mass is 31.2. The lowest BCUT2D eigenvalue weighted by molar-refractivity contribution is 0.219. The topological polar surface area (TPSA) is 109 Å². The van der Waals surface area contributed by atoms with Gasteiger partial charge in [-0.3, -0.25) is 4.57 Å². The van der Waals surface area contributed by atoms with Crippen LogP contribution in [0.1, 0.15) is 56.0 Å². The fourth-order valence-electron chi connectivity index (χ4n) is 3.36. The molecule has 0 saturated carbocycles. The lowest BCUT2D eigenvalue weighted by Crippen LogP contribution is -2.12. The Labute approximate surface area is 185 Å². The summed E-state index contributed by atoms with van der Waals surface area (Å²) in [6, 6.07) is 5.75. The molecule has 1 aromatic heterocycles. The molecule has 3 N–H and O–H groups in total. The summed E-state index contributed by atoms with van der Waals surface area (Å²) >= 11 is 0. The average molecular weight is 451 g/mol. The number of nitrogens with one attached hydrogen (secondary N) is 1. The molecule has 0 atom stereocenters. The van der Waals surface area contributed by atoms with Crippen LogP contribution in [0.5, 0.6) is 5.75 Å². The standard InChI is InChI=1S/C22H35N4O4P/c1-6-9-12-24-21-19(16(4)25-22(23)26-21)14-18-13-17(10-11-20(18)28-5)15-31(27,29-7-2)30-8-3/h10-11,13H,6-9,12,14-15H2,1-5H3,(H3,23,24,25,26). The van der Waals surface area contributed by atoms with Gasteiger partial charge in [-0.05, 0) is 44.4 Å². The Morgan fingerprint density at radius 2 is 1.84 bits per heavy atom. The molecule has 0 amide bonds. The maximum Gasteiger partial charge on any atom is 0.335 e. The molecule has 8 nitrogen and oxygen atoms in total. The number of nitrogens with zero attached hydrogens (tertiary/aromatic N) is 2. The predicted molar refractivity (Wildman–Crippen MR) is 125 cm³/mol. The average Bonchev–Trinajstić information content (AvgIpc) is 2.71. The van der Waals surface area contributed by atoms with E-state index in [0.717, 1.165) is 53.3 Å². The molecule has 0 aliphatic heterocycles. The van der Waals surface area contributed by atoms with E-state index in [9.17, 15) is 4.57 Å². The van der Waals surface area contributed by atoms with E-state index in [1.165, 1.54) is 0 Å². The molecule has 0 radical (unpaired) electrons. The smallest absolute Gasteiger partial charge is 0.335 e. The van der Waals surface area contributed by atoms with Gasteiger partial charge in [-0.25, -0.2) is 4.98 Å². The van der Waals surface area contributed by atoms with Crippen LogP contribution >= 0.6 is 7.60 Å². The summed E-state index contributed by atoms with van der Waals surface area (Å²) in [4.78, 5) is 8.76. The van der Waals surface area contributed by atoms with E-state index in [2.05, 4.69) is 22.2 Å². The number of aryl methyl sites for hydroxylation is 1. The van der Waals surface area contributed by atoms with Crippen molar-refractivity contribution in [1.29, 1.82) is 0 Å². The first-order chi connectivity index (χ1) is 14.9. The van der Waals surface area contributed by atoms with Crippen LogP contribution in [-0.2, 0) is 26.2 Å². The van der Waals surface area contributed by atoms with E-state index >= 15 is 0 Å². The quantitative estimate of drug-likeness (QED) is 0.326. The highest BCUT2D eigenvalue weighted by molar-refractivity contribution is 7.53. The summed E-state index contributed by atoms with van der Waals surface area (Å²) in [5.41, 5.74) is 9.45. The molecule has 1 aromatic carbocycles. The molecule has 0 bridgehead atoms. The lowest BCUT2D eigenvalue weighted by atomic mass is 10.0. The van der Waals surface area contributed by atoms with Crippen LogP contribution in [0, 0.1) is 6.92 Å². The molecule has 0 aliphatic rings. The lowest BCUT2D eigenvalue weighted by Gasteiger charge is -2.19. The summed E-state index contributed by atoms with van der Waals surface area (Å²) in [6.45, 7) is 9.14. The molecule has 0 unspecified atom stereocenters. The Hall–Kier alpha value is -2.15. The summed E-state index contributed by atoms with van der Waals surface area (Å²) in [5.74, 6) is 1.72. The van der Waals surface area contributed by atoms with Crippen molar-refractivity contribution in [2.24, 2.45) is 0 Å². The molecule has 0 spiro atoms. The molecule has 0 aliphatic carbocycles. The molecular formula is C22H35N4O4P. The number of nitrogen functional groups attached to an aromatic ring is 1. The van der Waals surface area contributed by atoms with Crippen molar-refractivity contribution in [1.82, 2.24) is 9.97 Å². The third-order valence-corrected chi connectivity index (χ3v) is 6.85. The molecule has 172 valence electrons. The van der Waals surface area contributed by atoms with Gasteiger partial charge >= 0.3 is 7.60 Å². The molecule has 0 saturated heterocycles. The van der Waals surface area contributed by atoms with E-state index in [4.69, 9.17) is 19.5 Å². The van der Waals surface area contributed by atoms with Gasteiger partial charge in [-0.1, -0.05) is 25.5 Å². The first kappa shape index (κ1) is 25.1. The van der Waals surface area contributed by atoms with Crippen LogP contribution in [0.3, 0.4) is 0 Å². The summed E-state index contributed by atoms with van der Waals surface area (Å²) in [5, 5.41) is 3.38. The zero-order valence-electron chi connectivity index (χ0n) is 19.2. The highest BCUT2D eigenvalue weighted by Gasteiger charge is 2.25. The van der Waals surface area contributed by atoms with Gasteiger partial charge in [0.15, 0.2) is 0 Å². The minimum atomic E-state index is -3.21. The SMILES string of the molecule is CCCCNc1nc(N)nc(C)c1Cc1cc(CP(=O)(OCC)OCC)ccc1OC. The minimum absolute atomic E-state index is 0.199. The van der Waals surface area contributed by atoms with Gasteiger partial charge in [0.2, 0.25) is 5.95 Å². The van der Waals surface area contributed by atoms with Crippen molar-refractivity contribution in [2.45, 2.75) is 53.1 Å². The second-order valence-electron chi connectivity index (χ2n) is 7.20. The second kappa shape index (κ2) is 12.0. The van der Waals surface area contributed by atoms with Crippen LogP contribution in [0.25, 0.3) is 0 Å². The fraction of sp³-hybridized carbons (Fsp3) is 0.545. The van der Waals surface area contributed by atoms with Gasteiger partial charge < -0.3 is 24.8 Å². The molecule has 31 heavy (non-hydrogen) atoms. The predicted octanol–water partition coefficient (Wildman–Crippen LogP) is 4.94. The van der Waals surface area contributed by atoms with Gasteiger partial charge in [-0.15, -0.1) is 0 Å². The normalized spacial score (nSPS) is 11.5. The van der Waals surface area contributed by atoms with Crippen LogP contribution in [0.4, 0.5) is 11.8 Å². The third kappa shape index (κ3) is 7.20. The molecule has 2 aromatic rings. The Balaban J connectivity index is 2.38. The molecule has 1 heterocycles. The van der Waals surface area contributed by atoms with Gasteiger partial charge in [0.05, 0.1) is 26.5 Å². The number of ether oxygens (including phenoxy) is 1. The van der Waals surface area contributed by atoms with Crippen LogP contribution in [0.15, 0.2) is 18.2 Å². The molecule has 9 heteroatoms. The third-order valence-electron chi connectivity index (χ3n) is 4.79. The Morgan fingerprint density at radius 1 is 1.13 bits per heavy atom. The molecular weight excluding hydrogens is 415 g/mol. The van der Waals surface area contributed by atoms with Crippen molar-refractivity contribution < 1.29 is 18.3 Å². The number of benzene rings is 1. The van der Waals surface area contributed by atoms with Gasteiger partial charge in [0.1, 0.15) is 11.6 Å². The van der Waals surface area contributed by atoms with Crippen LogP contribution < -0.4 is 15.8 Å². The second-order valence-corrected chi connectivity index (χ2v) is 9.26. The summed E-state index contributed by atoms with van der Waals surface area (Å²) in [6.07, 6.45) is 2.86. The fourth-order valence-corrected chi connectivity index (χ4v) is 5.05. The summed E-state index contributed by atoms with van der Waals surface area (Å²) < 4.78 is 29.5. The van der Waals surface area contributed by atoms with Gasteiger partial charge in [0, 0.05) is 24.2 Å². The zero-order chi connectivity index (χ0) is 22.9. The Bertz CT molecular complexity index is 897. The van der Waals surface area contributed by atoms with E-state index in [0.29, 0.717) is 19.6 Å². The maximum atomic E-state index is 13.0. The van der Waals surface area contributed by atoms with Crippen LogP contribution in [-0.4, -0.2) is 36.8 Å². The number of rotatable bonds is 13. The number of unbranched alkanes of at least 4 members (excludes halogenated alkanes) is 1. The maximum absolute atomic E-state index is 13.0. The van der Waals surface area contributed by atoms with Crippen molar-refractivity contribution in [3.05, 3.63) is 40.6 Å². The van der Waals surface area contributed by atoms with Crippen molar-refractivity contribution in [3.8, 4) is 5.75 Å². The summed E-state index contributed by atoms with van der Waals surface area (Å²) in [7, 11) is -1.57. The van der Waals surface area contributed by atoms with E-state index in [-0.39, 0.29) is 12.1 Å². The number of nitrogens with two attached hydrogens (primary N) is 1. The minimum Gasteiger partial charge on any atom is -0.496 e. The monoisotopic (exact) mass is 450 g/mol. The number of anilines is 2. The Morgan fingerprint density at radius 3 is 2.45 bits per heavy atom. The van der Waals surface area contributed by atoms with Crippen molar-refractivity contribution in [3.63, 3.8) is 0 Å². The Kier molecular flexibility index (Phi) is 9.75. The molecule has 0 fully saturated rings. The molecule has 2 rings (SSSR count). The first-order valence-electron chi connectivity index (χ1n) is 10.8. The zero-order valence-corrected chi connectivity index (χ0v) is 20.1. The van der Waals surface area contributed by atoms with Gasteiger partial charge in [0.25, 0.3) is 0 Å². The largest absolute Gasteiger partial charge is 0.496 e. The number of hydrogen-bond acceptors (Lipinski definition) is 8. The van der Waals surface area contributed by atoms with Crippen LogP contribution in [0.2, 0.25) is 0 Å². The number of aromatic nitrogens is 2. The number of hydrogen-bond donors (Lipinski definition) is 2. The number of methoxy groups -OCH3 is 1. The van der Waals surface area contributed by atoms with Gasteiger partial charge in [-0.2, -0.15) is 4.98 Å². The van der Waals surface area contributed by atoms with Crippen molar-refractivity contribution in [2.75, 3.05) is 37.9 Å².